The Labute approximate surface area is 185 Å². The highest BCUT2D eigenvalue weighted by molar-refractivity contribution is 5.25. The summed E-state index contributed by atoms with van der Waals surface area (Å²) in [6.45, 7) is 12.6. The second-order valence-electron chi connectivity index (χ2n) is 13.1. The zero-order chi connectivity index (χ0) is 21.3. The van der Waals surface area contributed by atoms with Crippen LogP contribution in [0.4, 0.5) is 0 Å². The summed E-state index contributed by atoms with van der Waals surface area (Å²) in [6.07, 6.45) is 15.1. The van der Waals surface area contributed by atoms with Crippen LogP contribution in [-0.4, -0.2) is 11.7 Å². The summed E-state index contributed by atoms with van der Waals surface area (Å²) in [5, 5.41) is 9.56. The maximum Gasteiger partial charge on any atom is 0.102 e. The molecule has 168 valence electrons. The monoisotopic (exact) mass is 411 g/mol. The van der Waals surface area contributed by atoms with E-state index in [2.05, 4.69) is 40.7 Å². The first-order valence-electron chi connectivity index (χ1n) is 13.3. The van der Waals surface area contributed by atoms with Crippen LogP contribution in [0.25, 0.3) is 0 Å². The third kappa shape index (κ3) is 2.89. The highest BCUT2D eigenvalue weighted by atomic mass is 16.6. The fourth-order valence-electron chi connectivity index (χ4n) is 9.82. The topological polar surface area (TPSA) is 36.3 Å². The van der Waals surface area contributed by atoms with Gasteiger partial charge in [-0.3, -0.25) is 0 Å². The van der Waals surface area contributed by atoms with E-state index in [4.69, 9.17) is 4.74 Å². The van der Waals surface area contributed by atoms with Crippen LogP contribution in [0.15, 0.2) is 0 Å². The molecule has 2 nitrogen and oxygen atoms in total. The molecule has 1 aliphatic heterocycles. The Morgan fingerprint density at radius 1 is 1.00 bits per heavy atom. The number of nitrogens with zero attached hydrogens (tertiary/aromatic N) is 1. The molecule has 2 heteroatoms. The highest BCUT2D eigenvalue weighted by Crippen LogP contribution is 2.74. The summed E-state index contributed by atoms with van der Waals surface area (Å²) in [4.78, 5) is 0. The van der Waals surface area contributed by atoms with Crippen molar-refractivity contribution in [2.45, 2.75) is 117 Å². The van der Waals surface area contributed by atoms with Crippen molar-refractivity contribution in [1.82, 2.24) is 0 Å². The molecule has 5 aliphatic rings. The van der Waals surface area contributed by atoms with Crippen LogP contribution in [0.5, 0.6) is 0 Å². The lowest BCUT2D eigenvalue weighted by molar-refractivity contribution is -0.104. The molecule has 0 bridgehead atoms. The van der Waals surface area contributed by atoms with Gasteiger partial charge in [-0.25, -0.2) is 0 Å². The van der Waals surface area contributed by atoms with Gasteiger partial charge in [-0.15, -0.1) is 0 Å². The molecule has 0 aromatic heterocycles. The number of nitriles is 1. The normalized spacial score (nSPS) is 52.6. The summed E-state index contributed by atoms with van der Waals surface area (Å²) in [5.41, 5.74) is 0.965. The van der Waals surface area contributed by atoms with Gasteiger partial charge in [-0.1, -0.05) is 53.9 Å². The summed E-state index contributed by atoms with van der Waals surface area (Å²) < 4.78 is 6.58. The third-order valence-corrected chi connectivity index (χ3v) is 11.5. The van der Waals surface area contributed by atoms with Crippen LogP contribution in [0.2, 0.25) is 0 Å². The molecule has 5 rings (SSSR count). The number of epoxide rings is 1. The molecule has 0 unspecified atom stereocenters. The van der Waals surface area contributed by atoms with Gasteiger partial charge in [0.1, 0.15) is 5.60 Å². The van der Waals surface area contributed by atoms with Crippen molar-refractivity contribution < 1.29 is 4.74 Å². The predicted octanol–water partition coefficient (Wildman–Crippen LogP) is 7.38. The first-order chi connectivity index (χ1) is 14.2. The van der Waals surface area contributed by atoms with E-state index < -0.39 is 0 Å². The molecule has 4 aliphatic carbocycles. The number of ether oxygens (including phenoxy) is 1. The quantitative estimate of drug-likeness (QED) is 0.442. The van der Waals surface area contributed by atoms with E-state index in [1.807, 2.05) is 0 Å². The van der Waals surface area contributed by atoms with E-state index in [1.165, 1.54) is 57.8 Å². The molecule has 0 aromatic carbocycles. The van der Waals surface area contributed by atoms with E-state index in [0.717, 1.165) is 48.3 Å². The van der Waals surface area contributed by atoms with Crippen LogP contribution in [-0.2, 0) is 4.74 Å². The average Bonchev–Trinajstić information content (AvgIpc) is 3.28. The Bertz CT molecular complexity index is 710. The van der Waals surface area contributed by atoms with E-state index in [-0.39, 0.29) is 11.5 Å². The van der Waals surface area contributed by atoms with Gasteiger partial charge in [0.05, 0.1) is 12.2 Å². The molecule has 10 atom stereocenters. The molecular weight excluding hydrogens is 366 g/mol. The van der Waals surface area contributed by atoms with Crippen LogP contribution in [0.3, 0.4) is 0 Å². The van der Waals surface area contributed by atoms with Gasteiger partial charge in [0.2, 0.25) is 0 Å². The minimum absolute atomic E-state index is 0.0721. The summed E-state index contributed by atoms with van der Waals surface area (Å²) >= 11 is 0. The summed E-state index contributed by atoms with van der Waals surface area (Å²) in [5.74, 6) is 5.53. The molecule has 0 aromatic rings. The lowest BCUT2D eigenvalue weighted by Crippen LogP contribution is -2.58. The van der Waals surface area contributed by atoms with Gasteiger partial charge in [-0.05, 0) is 92.3 Å². The van der Waals surface area contributed by atoms with Crippen LogP contribution < -0.4 is 0 Å². The minimum atomic E-state index is 0.0721. The lowest BCUT2D eigenvalue weighted by Gasteiger charge is -2.59. The Morgan fingerprint density at radius 2 is 1.80 bits per heavy atom. The smallest absolute Gasteiger partial charge is 0.102 e. The first kappa shape index (κ1) is 21.3. The fraction of sp³-hybridized carbons (Fsp3) is 0.964. The molecular formula is C28H45NO. The molecule has 1 spiro atoms. The number of hydrogen-bond donors (Lipinski definition) is 0. The van der Waals surface area contributed by atoms with Crippen molar-refractivity contribution in [3.05, 3.63) is 0 Å². The molecule has 5 fully saturated rings. The van der Waals surface area contributed by atoms with Gasteiger partial charge < -0.3 is 4.74 Å². The second kappa shape index (κ2) is 7.23. The zero-order valence-corrected chi connectivity index (χ0v) is 20.3. The average molecular weight is 412 g/mol. The van der Waals surface area contributed by atoms with Crippen molar-refractivity contribution in [3.8, 4) is 6.07 Å². The lowest BCUT2D eigenvalue weighted by atomic mass is 9.44. The maximum atomic E-state index is 9.56. The Kier molecular flexibility index (Phi) is 5.13. The number of hydrogen-bond acceptors (Lipinski definition) is 2. The Morgan fingerprint density at radius 3 is 2.53 bits per heavy atom. The maximum absolute atomic E-state index is 9.56. The minimum Gasteiger partial charge on any atom is -0.365 e. The first-order valence-corrected chi connectivity index (χ1v) is 13.3. The largest absolute Gasteiger partial charge is 0.365 e. The van der Waals surface area contributed by atoms with E-state index in [1.54, 1.807) is 0 Å². The molecule has 0 amide bonds. The van der Waals surface area contributed by atoms with Crippen molar-refractivity contribution in [2.24, 2.45) is 52.3 Å². The van der Waals surface area contributed by atoms with Crippen molar-refractivity contribution >= 4 is 0 Å². The molecule has 4 saturated carbocycles. The Hall–Kier alpha value is -0.550. The van der Waals surface area contributed by atoms with Crippen molar-refractivity contribution in [2.75, 3.05) is 0 Å². The molecule has 0 N–H and O–H groups in total. The van der Waals surface area contributed by atoms with Crippen LogP contribution >= 0.6 is 0 Å². The van der Waals surface area contributed by atoms with Gasteiger partial charge in [0.15, 0.2) is 0 Å². The van der Waals surface area contributed by atoms with Crippen LogP contribution in [0.1, 0.15) is 105 Å². The van der Waals surface area contributed by atoms with Crippen molar-refractivity contribution in [3.63, 3.8) is 0 Å². The molecule has 0 radical (unpaired) electrons. The number of rotatable bonds is 5. The van der Waals surface area contributed by atoms with Gasteiger partial charge >= 0.3 is 0 Å². The van der Waals surface area contributed by atoms with Crippen molar-refractivity contribution in [1.29, 1.82) is 5.26 Å². The number of fused-ring (bicyclic) bond motifs is 4. The van der Waals surface area contributed by atoms with E-state index in [0.29, 0.717) is 16.9 Å². The van der Waals surface area contributed by atoms with Crippen LogP contribution in [0, 0.1) is 63.6 Å². The highest BCUT2D eigenvalue weighted by Gasteiger charge is 2.76. The summed E-state index contributed by atoms with van der Waals surface area (Å²) in [6, 6.07) is 2.58. The van der Waals surface area contributed by atoms with Gasteiger partial charge in [-0.2, -0.15) is 5.26 Å². The van der Waals surface area contributed by atoms with Gasteiger partial charge in [0, 0.05) is 11.3 Å². The predicted molar refractivity (Wildman–Crippen MR) is 122 cm³/mol. The SMILES string of the molecule is CC(C)CCC[C@@H](C)[C@@H]1CC[C@@H]2[C@@H]3C[C@@H]4O[C@@]45C[C@H](C#N)CC[C@]5(C)[C@H]3CC[C@@]21C. The molecule has 30 heavy (non-hydrogen) atoms. The standard InChI is InChI=1S/C28H45NO/c1-18(2)7-6-8-19(3)22-9-10-23-21-15-25-28(30-25)16-20(17-29)11-14-27(28,5)24(21)12-13-26(22,23)4/h18-25H,6-16H2,1-5H3/t19-,20-,21+,22+,23-,24+,25+,26-,27-,28+/m1/s1. The van der Waals surface area contributed by atoms with E-state index in [9.17, 15) is 5.26 Å². The van der Waals surface area contributed by atoms with Gasteiger partial charge in [0.25, 0.3) is 0 Å². The van der Waals surface area contributed by atoms with E-state index >= 15 is 0 Å². The summed E-state index contributed by atoms with van der Waals surface area (Å²) in [7, 11) is 0. The Balaban J connectivity index is 1.33. The molecule has 1 heterocycles. The molecule has 1 saturated heterocycles. The third-order valence-electron chi connectivity index (χ3n) is 11.5. The fourth-order valence-corrected chi connectivity index (χ4v) is 9.82. The zero-order valence-electron chi connectivity index (χ0n) is 20.3. The second-order valence-corrected chi connectivity index (χ2v) is 13.1.